The second kappa shape index (κ2) is 4.17. The number of nitrogens with two attached hydrogens (primary N) is 1. The maximum Gasteiger partial charge on any atom is 0.126 e. The van der Waals surface area contributed by atoms with Crippen molar-refractivity contribution >= 4 is 5.69 Å². The number of halogens is 2. The van der Waals surface area contributed by atoms with Crippen LogP contribution in [0.2, 0.25) is 0 Å². The Kier molecular flexibility index (Phi) is 2.84. The Balaban J connectivity index is 2.67. The van der Waals surface area contributed by atoms with Gasteiger partial charge in [-0.1, -0.05) is 11.6 Å². The third-order valence-electron chi connectivity index (χ3n) is 2.70. The summed E-state index contributed by atoms with van der Waals surface area (Å²) in [6.07, 6.45) is 0. The van der Waals surface area contributed by atoms with Gasteiger partial charge in [0.15, 0.2) is 0 Å². The Morgan fingerprint density at radius 3 is 2.06 bits per heavy atom. The van der Waals surface area contributed by atoms with Gasteiger partial charge in [0.25, 0.3) is 0 Å². The minimum atomic E-state index is -0.599. The van der Waals surface area contributed by atoms with E-state index in [9.17, 15) is 8.78 Å². The Morgan fingerprint density at radius 1 is 0.882 bits per heavy atom. The van der Waals surface area contributed by atoms with Gasteiger partial charge >= 0.3 is 0 Å². The molecule has 17 heavy (non-hydrogen) atoms. The summed E-state index contributed by atoms with van der Waals surface area (Å²) >= 11 is 0. The third-order valence-corrected chi connectivity index (χ3v) is 2.70. The number of hydrogen-bond acceptors (Lipinski definition) is 1. The van der Waals surface area contributed by atoms with Crippen molar-refractivity contribution in [1.82, 2.24) is 0 Å². The maximum atomic E-state index is 13.2. The molecule has 2 N–H and O–H groups in total. The van der Waals surface area contributed by atoms with Crippen LogP contribution in [0.1, 0.15) is 11.1 Å². The Bertz CT molecular complexity index is 556. The average Bonchev–Trinajstić information content (AvgIpc) is 2.22. The minimum absolute atomic E-state index is 0.465. The number of hydrogen-bond donors (Lipinski definition) is 1. The fourth-order valence-corrected chi connectivity index (χ4v) is 1.93. The fourth-order valence-electron chi connectivity index (χ4n) is 1.93. The summed E-state index contributed by atoms with van der Waals surface area (Å²) in [6, 6.07) is 7.19. The van der Waals surface area contributed by atoms with Crippen molar-refractivity contribution in [3.8, 4) is 11.1 Å². The van der Waals surface area contributed by atoms with Crippen molar-refractivity contribution in [2.45, 2.75) is 13.8 Å². The number of nitrogen functional groups attached to an aromatic ring is 1. The molecule has 0 aliphatic carbocycles. The van der Waals surface area contributed by atoms with Crippen LogP contribution in [-0.4, -0.2) is 0 Å². The van der Waals surface area contributed by atoms with Gasteiger partial charge in [-0.05, 0) is 43.2 Å². The van der Waals surface area contributed by atoms with Crippen molar-refractivity contribution in [1.29, 1.82) is 0 Å². The van der Waals surface area contributed by atoms with Crippen LogP contribution in [0, 0.1) is 25.5 Å². The summed E-state index contributed by atoms with van der Waals surface area (Å²) in [7, 11) is 0. The molecule has 0 saturated heterocycles. The van der Waals surface area contributed by atoms with Crippen LogP contribution in [0.5, 0.6) is 0 Å². The molecule has 0 aliphatic rings. The van der Waals surface area contributed by atoms with Crippen LogP contribution in [-0.2, 0) is 0 Å². The molecule has 2 aromatic rings. The van der Waals surface area contributed by atoms with Gasteiger partial charge in [0.05, 0.1) is 0 Å². The first-order valence-corrected chi connectivity index (χ1v) is 5.30. The highest BCUT2D eigenvalue weighted by Crippen LogP contribution is 2.30. The first-order valence-electron chi connectivity index (χ1n) is 5.30. The summed E-state index contributed by atoms with van der Waals surface area (Å²) in [5, 5.41) is 0. The van der Waals surface area contributed by atoms with E-state index in [0.29, 0.717) is 16.8 Å². The van der Waals surface area contributed by atoms with E-state index in [2.05, 4.69) is 0 Å². The second-order valence-corrected chi connectivity index (χ2v) is 4.20. The summed E-state index contributed by atoms with van der Waals surface area (Å²) in [4.78, 5) is 0. The molecule has 0 atom stereocenters. The van der Waals surface area contributed by atoms with E-state index in [4.69, 9.17) is 5.73 Å². The van der Waals surface area contributed by atoms with Crippen LogP contribution >= 0.6 is 0 Å². The molecule has 0 fully saturated rings. The van der Waals surface area contributed by atoms with Crippen molar-refractivity contribution in [3.63, 3.8) is 0 Å². The van der Waals surface area contributed by atoms with Crippen molar-refractivity contribution < 1.29 is 8.78 Å². The minimum Gasteiger partial charge on any atom is -0.398 e. The zero-order valence-electron chi connectivity index (χ0n) is 9.72. The molecule has 0 unspecified atom stereocenters. The van der Waals surface area contributed by atoms with Gasteiger partial charge < -0.3 is 5.73 Å². The molecule has 0 spiro atoms. The first-order chi connectivity index (χ1) is 7.97. The highest BCUT2D eigenvalue weighted by atomic mass is 19.1. The summed E-state index contributed by atoms with van der Waals surface area (Å²) < 4.78 is 26.3. The number of benzene rings is 2. The van der Waals surface area contributed by atoms with Crippen LogP contribution in [0.3, 0.4) is 0 Å². The quantitative estimate of drug-likeness (QED) is 0.744. The summed E-state index contributed by atoms with van der Waals surface area (Å²) in [6.45, 7) is 3.80. The molecular weight excluding hydrogens is 220 g/mol. The highest BCUT2D eigenvalue weighted by Gasteiger charge is 2.08. The lowest BCUT2D eigenvalue weighted by Gasteiger charge is -2.10. The topological polar surface area (TPSA) is 26.0 Å². The van der Waals surface area contributed by atoms with E-state index in [0.717, 1.165) is 17.2 Å². The summed E-state index contributed by atoms with van der Waals surface area (Å²) in [5.41, 5.74) is 9.54. The molecule has 0 bridgehead atoms. The van der Waals surface area contributed by atoms with E-state index in [1.807, 2.05) is 26.0 Å². The molecule has 0 saturated carbocycles. The molecular formula is C14H13F2N. The van der Waals surface area contributed by atoms with Crippen LogP contribution in [0.15, 0.2) is 30.3 Å². The Labute approximate surface area is 98.9 Å². The predicted octanol–water partition coefficient (Wildman–Crippen LogP) is 3.83. The summed E-state index contributed by atoms with van der Waals surface area (Å²) in [5.74, 6) is -1.20. The SMILES string of the molecule is Cc1cc(C)c(N)c(-c2cc(F)cc(F)c2)c1. The molecule has 0 aromatic heterocycles. The zero-order chi connectivity index (χ0) is 12.6. The smallest absolute Gasteiger partial charge is 0.126 e. The van der Waals surface area contributed by atoms with Gasteiger partial charge in [-0.15, -0.1) is 0 Å². The molecule has 2 aromatic carbocycles. The molecule has 0 aliphatic heterocycles. The first kappa shape index (κ1) is 11.6. The van der Waals surface area contributed by atoms with Crippen LogP contribution in [0.25, 0.3) is 11.1 Å². The fraction of sp³-hybridized carbons (Fsp3) is 0.143. The zero-order valence-corrected chi connectivity index (χ0v) is 9.72. The lowest BCUT2D eigenvalue weighted by Crippen LogP contribution is -1.96. The lowest BCUT2D eigenvalue weighted by molar-refractivity contribution is 0.584. The van der Waals surface area contributed by atoms with Crippen LogP contribution < -0.4 is 5.73 Å². The van der Waals surface area contributed by atoms with Gasteiger partial charge in [-0.2, -0.15) is 0 Å². The van der Waals surface area contributed by atoms with Gasteiger partial charge in [0.1, 0.15) is 11.6 Å². The van der Waals surface area contributed by atoms with Gasteiger partial charge in [0, 0.05) is 17.3 Å². The van der Waals surface area contributed by atoms with E-state index in [1.54, 1.807) is 0 Å². The van der Waals surface area contributed by atoms with E-state index in [-0.39, 0.29) is 0 Å². The molecule has 0 heterocycles. The predicted molar refractivity (Wildman–Crippen MR) is 65.7 cm³/mol. The Hall–Kier alpha value is -1.90. The van der Waals surface area contributed by atoms with Crippen molar-refractivity contribution in [2.24, 2.45) is 0 Å². The van der Waals surface area contributed by atoms with E-state index < -0.39 is 11.6 Å². The molecule has 88 valence electrons. The van der Waals surface area contributed by atoms with Crippen molar-refractivity contribution in [3.05, 3.63) is 53.1 Å². The van der Waals surface area contributed by atoms with E-state index in [1.165, 1.54) is 12.1 Å². The normalized spacial score (nSPS) is 10.6. The highest BCUT2D eigenvalue weighted by molar-refractivity contribution is 5.79. The average molecular weight is 233 g/mol. The molecule has 2 rings (SSSR count). The number of rotatable bonds is 1. The van der Waals surface area contributed by atoms with Crippen molar-refractivity contribution in [2.75, 3.05) is 5.73 Å². The van der Waals surface area contributed by atoms with E-state index >= 15 is 0 Å². The van der Waals surface area contributed by atoms with Gasteiger partial charge in [-0.25, -0.2) is 8.78 Å². The monoisotopic (exact) mass is 233 g/mol. The molecule has 3 heteroatoms. The number of anilines is 1. The molecule has 0 radical (unpaired) electrons. The number of aryl methyl sites for hydroxylation is 2. The third kappa shape index (κ3) is 2.28. The molecule has 1 nitrogen and oxygen atoms in total. The lowest BCUT2D eigenvalue weighted by atomic mass is 9.98. The Morgan fingerprint density at radius 2 is 1.47 bits per heavy atom. The van der Waals surface area contributed by atoms with Crippen LogP contribution in [0.4, 0.5) is 14.5 Å². The second-order valence-electron chi connectivity index (χ2n) is 4.20. The molecule has 0 amide bonds. The van der Waals surface area contributed by atoms with Gasteiger partial charge in [0.2, 0.25) is 0 Å². The largest absolute Gasteiger partial charge is 0.398 e. The maximum absolute atomic E-state index is 13.2. The van der Waals surface area contributed by atoms with Gasteiger partial charge in [-0.3, -0.25) is 0 Å². The standard InChI is InChI=1S/C14H13F2N/c1-8-3-9(2)14(17)13(4-8)10-5-11(15)7-12(16)6-10/h3-7H,17H2,1-2H3.